The van der Waals surface area contributed by atoms with Crippen LogP contribution in [-0.2, 0) is 11.2 Å². The highest BCUT2D eigenvalue weighted by Gasteiger charge is 2.33. The molecule has 0 radical (unpaired) electrons. The van der Waals surface area contributed by atoms with Gasteiger partial charge in [-0.05, 0) is 64.2 Å². The minimum Gasteiger partial charge on any atom is -0.444 e. The summed E-state index contributed by atoms with van der Waals surface area (Å²) in [4.78, 5) is 26.7. The SMILES string of the molecule is CCCCCCCCc1ccc(C(=O)N2CCCC2C(=N)NC(=O)OC(C)(C)C)cc1. The molecule has 0 bridgehead atoms. The Balaban J connectivity index is 1.88. The molecule has 0 spiro atoms. The summed E-state index contributed by atoms with van der Waals surface area (Å²) in [5, 5.41) is 10.8. The van der Waals surface area contributed by atoms with E-state index in [1.54, 1.807) is 25.7 Å². The van der Waals surface area contributed by atoms with E-state index in [0.717, 1.165) is 12.8 Å². The van der Waals surface area contributed by atoms with Gasteiger partial charge in [0.25, 0.3) is 5.91 Å². The zero-order chi connectivity index (χ0) is 22.9. The second-order valence-corrected chi connectivity index (χ2v) is 9.41. The first kappa shape index (κ1) is 24.9. The molecule has 1 atom stereocenters. The van der Waals surface area contributed by atoms with Crippen molar-refractivity contribution in [2.75, 3.05) is 6.54 Å². The molecule has 0 aromatic heterocycles. The zero-order valence-corrected chi connectivity index (χ0v) is 19.6. The topological polar surface area (TPSA) is 82.5 Å². The summed E-state index contributed by atoms with van der Waals surface area (Å²) in [5.74, 6) is -0.0795. The van der Waals surface area contributed by atoms with Crippen LogP contribution in [-0.4, -0.2) is 40.9 Å². The third-order valence-corrected chi connectivity index (χ3v) is 5.50. The molecule has 6 heteroatoms. The maximum absolute atomic E-state index is 13.0. The number of alkyl carbamates (subject to hydrolysis) is 1. The van der Waals surface area contributed by atoms with Crippen LogP contribution in [0.15, 0.2) is 24.3 Å². The number of aryl methyl sites for hydroxylation is 1. The molecule has 172 valence electrons. The first-order valence-corrected chi connectivity index (χ1v) is 11.7. The Morgan fingerprint density at radius 2 is 1.74 bits per heavy atom. The Bertz CT molecular complexity index is 737. The molecule has 1 aliphatic heterocycles. The predicted octanol–water partition coefficient (Wildman–Crippen LogP) is 5.70. The van der Waals surface area contributed by atoms with E-state index >= 15 is 0 Å². The standard InChI is InChI=1S/C25H39N3O3/c1-5-6-7-8-9-10-12-19-14-16-20(17-15-19)23(29)28-18-11-13-21(28)22(26)27-24(30)31-25(2,3)4/h14-17,21H,5-13,18H2,1-4H3,(H2,26,27,30). The predicted molar refractivity (Wildman–Crippen MR) is 125 cm³/mol. The van der Waals surface area contributed by atoms with E-state index in [2.05, 4.69) is 12.2 Å². The van der Waals surface area contributed by atoms with E-state index in [4.69, 9.17) is 10.1 Å². The third-order valence-electron chi connectivity index (χ3n) is 5.50. The third kappa shape index (κ3) is 8.35. The average Bonchev–Trinajstić information content (AvgIpc) is 3.19. The average molecular weight is 430 g/mol. The van der Waals surface area contributed by atoms with Crippen LogP contribution < -0.4 is 5.32 Å². The molecule has 6 nitrogen and oxygen atoms in total. The Morgan fingerprint density at radius 3 is 2.39 bits per heavy atom. The van der Waals surface area contributed by atoms with Gasteiger partial charge in [0.2, 0.25) is 0 Å². The summed E-state index contributed by atoms with van der Waals surface area (Å²) >= 11 is 0. The van der Waals surface area contributed by atoms with Crippen LogP contribution in [0.5, 0.6) is 0 Å². The minimum absolute atomic E-state index is 0.0137. The van der Waals surface area contributed by atoms with Gasteiger partial charge in [-0.2, -0.15) is 0 Å². The van der Waals surface area contributed by atoms with Gasteiger partial charge in [0.15, 0.2) is 0 Å². The first-order chi connectivity index (χ1) is 14.7. The normalized spacial score (nSPS) is 16.3. The van der Waals surface area contributed by atoms with Gasteiger partial charge in [-0.15, -0.1) is 0 Å². The number of amidine groups is 1. The Labute approximate surface area is 187 Å². The van der Waals surface area contributed by atoms with Gasteiger partial charge in [0.05, 0.1) is 6.04 Å². The van der Waals surface area contributed by atoms with Gasteiger partial charge in [0, 0.05) is 12.1 Å². The molecule has 2 amide bonds. The molecule has 0 aliphatic carbocycles. The van der Waals surface area contributed by atoms with E-state index in [0.29, 0.717) is 18.5 Å². The fourth-order valence-corrected chi connectivity index (χ4v) is 3.90. The van der Waals surface area contributed by atoms with Crippen molar-refractivity contribution in [1.29, 1.82) is 5.41 Å². The highest BCUT2D eigenvalue weighted by Crippen LogP contribution is 2.21. The van der Waals surface area contributed by atoms with Gasteiger partial charge < -0.3 is 9.64 Å². The molecule has 1 unspecified atom stereocenters. The van der Waals surface area contributed by atoms with Crippen LogP contribution >= 0.6 is 0 Å². The molecule has 2 N–H and O–H groups in total. The Kier molecular flexibility index (Phi) is 9.53. The molecule has 1 aliphatic rings. The largest absolute Gasteiger partial charge is 0.444 e. The lowest BCUT2D eigenvalue weighted by Gasteiger charge is -2.26. The second-order valence-electron chi connectivity index (χ2n) is 9.41. The minimum atomic E-state index is -0.657. The summed E-state index contributed by atoms with van der Waals surface area (Å²) in [6.07, 6.45) is 9.49. The lowest BCUT2D eigenvalue weighted by atomic mass is 10.0. The van der Waals surface area contributed by atoms with Crippen molar-refractivity contribution in [1.82, 2.24) is 10.2 Å². The zero-order valence-electron chi connectivity index (χ0n) is 19.6. The van der Waals surface area contributed by atoms with Crippen molar-refractivity contribution in [3.63, 3.8) is 0 Å². The highest BCUT2D eigenvalue weighted by atomic mass is 16.6. The van der Waals surface area contributed by atoms with Crippen LogP contribution in [0.1, 0.15) is 95.0 Å². The molecule has 1 aromatic carbocycles. The highest BCUT2D eigenvalue weighted by molar-refractivity contribution is 6.02. The quantitative estimate of drug-likeness (QED) is 0.300. The fourth-order valence-electron chi connectivity index (χ4n) is 3.90. The number of nitrogens with zero attached hydrogens (tertiary/aromatic N) is 1. The number of ether oxygens (including phenoxy) is 1. The molecule has 1 fully saturated rings. The number of unbranched alkanes of at least 4 members (excludes halogenated alkanes) is 5. The van der Waals surface area contributed by atoms with Crippen LogP contribution in [0.2, 0.25) is 0 Å². The van der Waals surface area contributed by atoms with Gasteiger partial charge in [-0.25, -0.2) is 4.79 Å². The smallest absolute Gasteiger partial charge is 0.413 e. The molecule has 2 rings (SSSR count). The van der Waals surface area contributed by atoms with Crippen molar-refractivity contribution >= 4 is 17.8 Å². The van der Waals surface area contributed by atoms with Crippen molar-refractivity contribution in [2.45, 2.75) is 97.1 Å². The Hall–Kier alpha value is -2.37. The maximum Gasteiger partial charge on any atom is 0.413 e. The number of carbonyl (C=O) groups excluding carboxylic acids is 2. The number of nitrogens with one attached hydrogen (secondary N) is 2. The van der Waals surface area contributed by atoms with Crippen LogP contribution in [0, 0.1) is 5.41 Å². The number of carbonyl (C=O) groups is 2. The first-order valence-electron chi connectivity index (χ1n) is 11.7. The van der Waals surface area contributed by atoms with E-state index in [-0.39, 0.29) is 11.7 Å². The number of amides is 2. The molecule has 0 saturated carbocycles. The summed E-state index contributed by atoms with van der Waals surface area (Å²) in [7, 11) is 0. The van der Waals surface area contributed by atoms with Crippen molar-refractivity contribution < 1.29 is 14.3 Å². The summed E-state index contributed by atoms with van der Waals surface area (Å²) < 4.78 is 5.23. The fraction of sp³-hybridized carbons (Fsp3) is 0.640. The lowest BCUT2D eigenvalue weighted by molar-refractivity contribution is 0.0554. The summed E-state index contributed by atoms with van der Waals surface area (Å²) in [6, 6.07) is 7.41. The Morgan fingerprint density at radius 1 is 1.10 bits per heavy atom. The molecule has 1 saturated heterocycles. The number of hydrogen-bond acceptors (Lipinski definition) is 4. The van der Waals surface area contributed by atoms with Crippen molar-refractivity contribution in [2.24, 2.45) is 0 Å². The number of likely N-dealkylation sites (tertiary alicyclic amines) is 1. The molecule has 1 aromatic rings. The van der Waals surface area contributed by atoms with E-state index in [1.807, 2.05) is 24.3 Å². The van der Waals surface area contributed by atoms with E-state index in [9.17, 15) is 9.59 Å². The lowest BCUT2D eigenvalue weighted by Crippen LogP contribution is -2.48. The summed E-state index contributed by atoms with van der Waals surface area (Å²) in [5.41, 5.74) is 1.25. The maximum atomic E-state index is 13.0. The van der Waals surface area contributed by atoms with Gasteiger partial charge >= 0.3 is 6.09 Å². The van der Waals surface area contributed by atoms with E-state index < -0.39 is 17.7 Å². The molecule has 1 heterocycles. The molecular weight excluding hydrogens is 390 g/mol. The number of rotatable bonds is 9. The van der Waals surface area contributed by atoms with Gasteiger partial charge in [0.1, 0.15) is 11.4 Å². The van der Waals surface area contributed by atoms with E-state index in [1.165, 1.54) is 44.1 Å². The van der Waals surface area contributed by atoms with Crippen LogP contribution in [0.3, 0.4) is 0 Å². The van der Waals surface area contributed by atoms with Crippen LogP contribution in [0.4, 0.5) is 4.79 Å². The van der Waals surface area contributed by atoms with Gasteiger partial charge in [-0.1, -0.05) is 51.2 Å². The van der Waals surface area contributed by atoms with Crippen molar-refractivity contribution in [3.05, 3.63) is 35.4 Å². The van der Waals surface area contributed by atoms with Gasteiger partial charge in [-0.3, -0.25) is 15.5 Å². The monoisotopic (exact) mass is 429 g/mol. The number of hydrogen-bond donors (Lipinski definition) is 2. The molecule has 31 heavy (non-hydrogen) atoms. The number of benzene rings is 1. The summed E-state index contributed by atoms with van der Waals surface area (Å²) in [6.45, 7) is 8.14. The molecular formula is C25H39N3O3. The second kappa shape index (κ2) is 11.9. The van der Waals surface area contributed by atoms with Crippen LogP contribution in [0.25, 0.3) is 0 Å². The van der Waals surface area contributed by atoms with Crippen molar-refractivity contribution in [3.8, 4) is 0 Å².